The Bertz CT molecular complexity index is 49.4. The van der Waals surface area contributed by atoms with E-state index in [2.05, 4.69) is 6.92 Å². The number of unbranched alkanes of at least 4 members (excludes halogenated alkanes) is 1. The van der Waals surface area contributed by atoms with Crippen LogP contribution in [0.1, 0.15) is 26.7 Å². The molecular weight excluding hydrogens is 100 g/mol. The Labute approximate surface area is 51.4 Å². The summed E-state index contributed by atoms with van der Waals surface area (Å²) >= 11 is 0. The number of hydrogen-bond acceptors (Lipinski definition) is 1. The van der Waals surface area contributed by atoms with Gasteiger partial charge in [-0.15, -0.1) is 0 Å². The highest BCUT2D eigenvalue weighted by Crippen LogP contribution is 1.89. The van der Waals surface area contributed by atoms with Gasteiger partial charge >= 0.3 is 0 Å². The van der Waals surface area contributed by atoms with E-state index in [-0.39, 0.29) is 0 Å². The van der Waals surface area contributed by atoms with E-state index in [1.54, 1.807) is 12.9 Å². The van der Waals surface area contributed by atoms with E-state index in [4.69, 9.17) is 4.74 Å². The van der Waals surface area contributed by atoms with Gasteiger partial charge in [0.1, 0.15) is 6.61 Å². The molecule has 0 aliphatic carbocycles. The van der Waals surface area contributed by atoms with Gasteiger partial charge in [-0.25, -0.2) is 0 Å². The molecule has 0 aromatic carbocycles. The number of rotatable bonds is 4. The third-order valence-corrected chi connectivity index (χ3v) is 0.766. The van der Waals surface area contributed by atoms with Gasteiger partial charge in [0.25, 0.3) is 0 Å². The summed E-state index contributed by atoms with van der Waals surface area (Å²) < 4.78 is 4.83. The molecule has 0 bridgehead atoms. The summed E-state index contributed by atoms with van der Waals surface area (Å²) in [6.07, 6.45) is 6.01. The Morgan fingerprint density at radius 2 is 2.25 bits per heavy atom. The molecule has 0 spiro atoms. The van der Waals surface area contributed by atoms with E-state index in [0.717, 1.165) is 6.42 Å². The van der Waals surface area contributed by atoms with Crippen LogP contribution in [-0.2, 0) is 4.74 Å². The molecule has 0 aromatic heterocycles. The first-order valence-electron chi connectivity index (χ1n) is 3.00. The molecule has 47 valence electrons. The van der Waals surface area contributed by atoms with Crippen molar-refractivity contribution in [3.8, 4) is 0 Å². The van der Waals surface area contributed by atoms with E-state index >= 15 is 0 Å². The zero-order chi connectivity index (χ0) is 6.24. The highest BCUT2D eigenvalue weighted by atomic mass is 16.5. The molecule has 0 saturated heterocycles. The van der Waals surface area contributed by atoms with Gasteiger partial charge in [0, 0.05) is 0 Å². The molecule has 0 amide bonds. The summed E-state index contributed by atoms with van der Waals surface area (Å²) in [5.41, 5.74) is 0. The quantitative estimate of drug-likeness (QED) is 0.509. The van der Waals surface area contributed by atoms with Crippen molar-refractivity contribution < 1.29 is 4.74 Å². The minimum atomic E-state index is 1.10. The van der Waals surface area contributed by atoms with Crippen molar-refractivity contribution in [2.45, 2.75) is 26.7 Å². The van der Waals surface area contributed by atoms with E-state index in [0.29, 0.717) is 0 Å². The lowest BCUT2D eigenvalue weighted by molar-refractivity contribution is 0.340. The van der Waals surface area contributed by atoms with Gasteiger partial charge in [0.05, 0.1) is 6.26 Å². The maximum atomic E-state index is 4.83. The van der Waals surface area contributed by atoms with Gasteiger partial charge in [-0.2, -0.15) is 0 Å². The Balaban J connectivity index is 2.83. The average molecular weight is 113 g/mol. The van der Waals surface area contributed by atoms with Crippen molar-refractivity contribution in [1.29, 1.82) is 0 Å². The SMILES string of the molecule is C[CH]O/C=C/CCC. The largest absolute Gasteiger partial charge is 0.495 e. The fourth-order valence-electron chi connectivity index (χ4n) is 0.369. The van der Waals surface area contributed by atoms with Crippen LogP contribution >= 0.6 is 0 Å². The lowest BCUT2D eigenvalue weighted by atomic mass is 10.3. The predicted molar refractivity (Wildman–Crippen MR) is 35.1 cm³/mol. The molecule has 8 heavy (non-hydrogen) atoms. The molecule has 0 fully saturated rings. The van der Waals surface area contributed by atoms with Gasteiger partial charge in [-0.05, 0) is 19.4 Å². The topological polar surface area (TPSA) is 9.23 Å². The predicted octanol–water partition coefficient (Wildman–Crippen LogP) is 2.50. The first-order valence-corrected chi connectivity index (χ1v) is 3.00. The monoisotopic (exact) mass is 113 g/mol. The molecule has 0 atom stereocenters. The second-order valence-corrected chi connectivity index (χ2v) is 1.53. The molecule has 0 saturated carbocycles. The van der Waals surface area contributed by atoms with Gasteiger partial charge < -0.3 is 4.74 Å². The molecule has 0 unspecified atom stereocenters. The normalized spacial score (nSPS) is 10.2. The van der Waals surface area contributed by atoms with Crippen molar-refractivity contribution in [1.82, 2.24) is 0 Å². The Morgan fingerprint density at radius 1 is 1.50 bits per heavy atom. The first-order chi connectivity index (χ1) is 3.91. The van der Waals surface area contributed by atoms with Crippen LogP contribution in [0.3, 0.4) is 0 Å². The van der Waals surface area contributed by atoms with Gasteiger partial charge in [0.2, 0.25) is 0 Å². The van der Waals surface area contributed by atoms with Crippen LogP contribution in [0.2, 0.25) is 0 Å². The van der Waals surface area contributed by atoms with Gasteiger partial charge in [0.15, 0.2) is 0 Å². The highest BCUT2D eigenvalue weighted by molar-refractivity contribution is 4.72. The van der Waals surface area contributed by atoms with Crippen LogP contribution in [0, 0.1) is 6.61 Å². The van der Waals surface area contributed by atoms with Crippen molar-refractivity contribution >= 4 is 0 Å². The van der Waals surface area contributed by atoms with Crippen LogP contribution in [0.5, 0.6) is 0 Å². The van der Waals surface area contributed by atoms with Crippen LogP contribution in [0.15, 0.2) is 12.3 Å². The molecule has 0 aliphatic rings. The summed E-state index contributed by atoms with van der Waals surface area (Å²) in [4.78, 5) is 0. The summed E-state index contributed by atoms with van der Waals surface area (Å²) in [6.45, 7) is 5.66. The van der Waals surface area contributed by atoms with E-state index in [1.807, 2.05) is 13.0 Å². The molecule has 0 N–H and O–H groups in total. The molecule has 0 aromatic rings. The average Bonchev–Trinajstić information content (AvgIpc) is 1.81. The summed E-state index contributed by atoms with van der Waals surface area (Å²) in [5.74, 6) is 0. The highest BCUT2D eigenvalue weighted by Gasteiger charge is 1.71. The zero-order valence-electron chi connectivity index (χ0n) is 5.55. The molecule has 0 rings (SSSR count). The molecular formula is C7H13O. The van der Waals surface area contributed by atoms with Crippen LogP contribution in [-0.4, -0.2) is 0 Å². The fourth-order valence-corrected chi connectivity index (χ4v) is 0.369. The van der Waals surface area contributed by atoms with Crippen molar-refractivity contribution in [2.75, 3.05) is 0 Å². The Hall–Kier alpha value is -0.460. The number of hydrogen-bond donors (Lipinski definition) is 0. The lowest BCUT2D eigenvalue weighted by Gasteiger charge is -1.88. The van der Waals surface area contributed by atoms with Gasteiger partial charge in [-0.1, -0.05) is 13.3 Å². The molecule has 0 aliphatic heterocycles. The number of ether oxygens (including phenoxy) is 1. The first kappa shape index (κ1) is 7.54. The molecule has 1 radical (unpaired) electrons. The maximum Gasteiger partial charge on any atom is 0.131 e. The summed E-state index contributed by atoms with van der Waals surface area (Å²) in [5, 5.41) is 0. The van der Waals surface area contributed by atoms with Gasteiger partial charge in [-0.3, -0.25) is 0 Å². The van der Waals surface area contributed by atoms with Crippen LogP contribution < -0.4 is 0 Å². The minimum absolute atomic E-state index is 1.10. The molecule has 0 heterocycles. The van der Waals surface area contributed by atoms with Crippen LogP contribution in [0.4, 0.5) is 0 Å². The molecule has 1 nitrogen and oxygen atoms in total. The maximum absolute atomic E-state index is 4.83. The van der Waals surface area contributed by atoms with E-state index in [1.165, 1.54) is 6.42 Å². The third-order valence-electron chi connectivity index (χ3n) is 0.766. The Morgan fingerprint density at radius 3 is 2.75 bits per heavy atom. The van der Waals surface area contributed by atoms with E-state index < -0.39 is 0 Å². The third kappa shape index (κ3) is 5.54. The van der Waals surface area contributed by atoms with Crippen molar-refractivity contribution in [3.63, 3.8) is 0 Å². The van der Waals surface area contributed by atoms with Crippen molar-refractivity contribution in [3.05, 3.63) is 18.9 Å². The standard InChI is InChI=1S/C7H13O/c1-3-5-6-7-8-4-2/h4,6-7H,3,5H2,1-2H3/b7-6+. The Kier molecular flexibility index (Phi) is 6.16. The van der Waals surface area contributed by atoms with E-state index in [9.17, 15) is 0 Å². The number of allylic oxidation sites excluding steroid dienone is 1. The second-order valence-electron chi connectivity index (χ2n) is 1.53. The zero-order valence-corrected chi connectivity index (χ0v) is 5.55. The van der Waals surface area contributed by atoms with Crippen molar-refractivity contribution in [2.24, 2.45) is 0 Å². The second kappa shape index (κ2) is 6.54. The minimum Gasteiger partial charge on any atom is -0.495 e. The summed E-state index contributed by atoms with van der Waals surface area (Å²) in [6, 6.07) is 0. The fraction of sp³-hybridized carbons (Fsp3) is 0.571. The van der Waals surface area contributed by atoms with Crippen LogP contribution in [0.25, 0.3) is 0 Å². The smallest absolute Gasteiger partial charge is 0.131 e. The molecule has 1 heteroatoms. The summed E-state index contributed by atoms with van der Waals surface area (Å²) in [7, 11) is 0. The lowest BCUT2D eigenvalue weighted by Crippen LogP contribution is -1.68.